The monoisotopic (exact) mass is 849 g/mol. The Labute approximate surface area is 317 Å². The van der Waals surface area contributed by atoms with E-state index in [0.717, 1.165) is 49.8 Å². The van der Waals surface area contributed by atoms with Crippen LogP contribution >= 0.6 is 15.8 Å². The van der Waals surface area contributed by atoms with E-state index in [4.69, 9.17) is 21.9 Å². The van der Waals surface area contributed by atoms with E-state index in [0.29, 0.717) is 17.5 Å². The molecule has 0 aliphatic heterocycles. The van der Waals surface area contributed by atoms with Crippen molar-refractivity contribution >= 4 is 47.2 Å². The summed E-state index contributed by atoms with van der Waals surface area (Å²) in [7, 11) is 0.222. The van der Waals surface area contributed by atoms with Crippen molar-refractivity contribution in [3.8, 4) is 23.0 Å². The predicted octanol–water partition coefficient (Wildman–Crippen LogP) is 7.85. The van der Waals surface area contributed by atoms with Crippen LogP contribution in [0, 0.1) is 6.92 Å². The van der Waals surface area contributed by atoms with Gasteiger partial charge in [-0.3, -0.25) is 0 Å². The summed E-state index contributed by atoms with van der Waals surface area (Å²) in [6.07, 6.45) is 3.12. The average molecular weight is 850 g/mol. The third-order valence-corrected chi connectivity index (χ3v) is 21.5. The van der Waals surface area contributed by atoms with E-state index in [2.05, 4.69) is 30.8 Å². The minimum atomic E-state index is -4.12. The summed E-state index contributed by atoms with van der Waals surface area (Å²) in [5.74, 6) is 3.04. The molecule has 277 valence electrons. The zero-order valence-electron chi connectivity index (χ0n) is 30.0. The number of allylic oxidation sites excluding steroid dienone is 1. The molecule has 0 saturated heterocycles. The average Bonchev–Trinajstić information content (AvgIpc) is 3.18. The Kier molecular flexibility index (Phi) is 14.5. The van der Waals surface area contributed by atoms with Crippen molar-refractivity contribution in [2.24, 2.45) is 0 Å². The van der Waals surface area contributed by atoms with E-state index < -0.39 is 43.1 Å². The molecule has 0 heterocycles. The molecular formula is C41H45O7P2PdS. The van der Waals surface area contributed by atoms with Crippen molar-refractivity contribution in [2.75, 3.05) is 34.6 Å². The Hall–Kier alpha value is -3.53. The Bertz CT molecular complexity index is 1950. The summed E-state index contributed by atoms with van der Waals surface area (Å²) < 4.78 is 58.3. The van der Waals surface area contributed by atoms with Gasteiger partial charge in [0.1, 0.15) is 0 Å². The van der Waals surface area contributed by atoms with Crippen LogP contribution in [0.1, 0.15) is 12.0 Å². The molecular weight excluding hydrogens is 805 g/mol. The van der Waals surface area contributed by atoms with Crippen LogP contribution in [0.4, 0.5) is 0 Å². The van der Waals surface area contributed by atoms with Crippen molar-refractivity contribution < 1.29 is 47.4 Å². The van der Waals surface area contributed by atoms with E-state index in [1.807, 2.05) is 79.7 Å². The summed E-state index contributed by atoms with van der Waals surface area (Å²) >= 11 is -2.43. The van der Waals surface area contributed by atoms with Crippen LogP contribution in [0.5, 0.6) is 23.0 Å². The van der Waals surface area contributed by atoms with E-state index in [1.54, 1.807) is 58.8 Å². The number of aryl methyl sites for hydroxylation is 1. The third-order valence-electron chi connectivity index (χ3n) is 8.18. The fourth-order valence-corrected chi connectivity index (χ4v) is 20.2. The number of methoxy groups -OCH3 is 4. The van der Waals surface area contributed by atoms with Gasteiger partial charge in [0.25, 0.3) is 0 Å². The van der Waals surface area contributed by atoms with Gasteiger partial charge in [-0.05, 0) is 0 Å². The molecule has 1 atom stereocenters. The quantitative estimate of drug-likeness (QED) is 0.0505. The van der Waals surface area contributed by atoms with Crippen LogP contribution in [0.3, 0.4) is 0 Å². The van der Waals surface area contributed by atoms with Crippen molar-refractivity contribution in [2.45, 2.75) is 27.3 Å². The summed E-state index contributed by atoms with van der Waals surface area (Å²) in [5, 5.41) is 4.13. The van der Waals surface area contributed by atoms with Crippen LogP contribution in [0.25, 0.3) is 0 Å². The molecule has 0 amide bonds. The van der Waals surface area contributed by atoms with Crippen molar-refractivity contribution in [3.05, 3.63) is 140 Å². The molecule has 0 saturated carbocycles. The number of benzene rings is 5. The van der Waals surface area contributed by atoms with Gasteiger partial charge in [0.2, 0.25) is 0 Å². The van der Waals surface area contributed by atoms with Crippen molar-refractivity contribution in [1.29, 1.82) is 0 Å². The molecule has 7 nitrogen and oxygen atoms in total. The Morgan fingerprint density at radius 2 is 1.04 bits per heavy atom. The Morgan fingerprint density at radius 3 is 1.46 bits per heavy atom. The number of hydrogen-bond donors (Lipinski definition) is 0. The van der Waals surface area contributed by atoms with Crippen LogP contribution in [-0.4, -0.2) is 47.2 Å². The number of hydrogen-bond acceptors (Lipinski definition) is 7. The summed E-state index contributed by atoms with van der Waals surface area (Å²) in [5.41, 5.74) is 0.964. The maximum absolute atomic E-state index is 14.1. The molecule has 5 rings (SSSR count). The number of rotatable bonds is 18. The van der Waals surface area contributed by atoms with Gasteiger partial charge in [-0.25, -0.2) is 0 Å². The second-order valence-electron chi connectivity index (χ2n) is 11.4. The first-order chi connectivity index (χ1) is 25.3. The molecule has 0 radical (unpaired) electrons. The van der Waals surface area contributed by atoms with Crippen molar-refractivity contribution in [3.63, 3.8) is 0 Å². The minimum absolute atomic E-state index is 0.136. The topological polar surface area (TPSA) is 80.3 Å². The van der Waals surface area contributed by atoms with Gasteiger partial charge in [0.15, 0.2) is 0 Å². The molecule has 0 spiro atoms. The Balaban J connectivity index is 1.73. The molecule has 5 aromatic carbocycles. The standard InChI is InChI=1S/C31H33O4P2.C7H8O3S.C3H5.Pd/c1-32-24-14-5-9-18-28(24)36(29-19-10-6-15-25(29)33-2)22-13-23-37(30-20-11-7-16-26(30)34-3)31-21-12-8-17-27(31)35-4;1-6-2-4-7(5-3-6)11(8,9)10;1-3-2;/h5-12,14-22H,13,23H2,1-4H3;2-5H,1H3,(H,8,9,10);3H,1-2H2;/q;;;+1/p-1. The van der Waals surface area contributed by atoms with Gasteiger partial charge in [-0.2, -0.15) is 0 Å². The fraction of sp³-hybridized carbons (Fsp3) is 0.220. The van der Waals surface area contributed by atoms with E-state index in [1.165, 1.54) is 0 Å². The van der Waals surface area contributed by atoms with Crippen LogP contribution in [0.2, 0.25) is 4.89 Å². The fourth-order valence-electron chi connectivity index (χ4n) is 5.76. The summed E-state index contributed by atoms with van der Waals surface area (Å²) in [6, 6.07) is 39.0. The van der Waals surface area contributed by atoms with E-state index in [9.17, 15) is 8.42 Å². The summed E-state index contributed by atoms with van der Waals surface area (Å²) in [6.45, 7) is 6.02. The first-order valence-electron chi connectivity index (χ1n) is 16.5. The van der Waals surface area contributed by atoms with E-state index >= 15 is 0 Å². The van der Waals surface area contributed by atoms with Gasteiger partial charge < -0.3 is 0 Å². The zero-order valence-corrected chi connectivity index (χ0v) is 34.2. The number of para-hydroxylation sites is 4. The second-order valence-corrected chi connectivity index (χ2v) is 22.1. The first-order valence-corrected chi connectivity index (χ1v) is 23.5. The van der Waals surface area contributed by atoms with Crippen LogP contribution in [-0.2, 0) is 30.2 Å². The molecule has 1 unspecified atom stereocenters. The number of ether oxygens (including phenoxy) is 4. The normalized spacial score (nSPS) is 12.3. The van der Waals surface area contributed by atoms with Crippen LogP contribution in [0.15, 0.2) is 139 Å². The van der Waals surface area contributed by atoms with Gasteiger partial charge >= 0.3 is 319 Å². The molecule has 0 aliphatic rings. The third kappa shape index (κ3) is 9.33. The molecule has 0 aromatic heterocycles. The van der Waals surface area contributed by atoms with Gasteiger partial charge in [-0.15, -0.1) is 0 Å². The first kappa shape index (κ1) is 39.7. The molecule has 11 heteroatoms. The second kappa shape index (κ2) is 19.0. The molecule has 52 heavy (non-hydrogen) atoms. The van der Waals surface area contributed by atoms with Gasteiger partial charge in [-0.1, -0.05) is 0 Å². The Morgan fingerprint density at radius 1 is 0.635 bits per heavy atom. The van der Waals surface area contributed by atoms with E-state index in [-0.39, 0.29) is 9.03 Å². The van der Waals surface area contributed by atoms with Crippen molar-refractivity contribution in [1.82, 2.24) is 0 Å². The molecule has 0 N–H and O–H groups in total. The molecule has 0 bridgehead atoms. The maximum atomic E-state index is 14.1. The molecule has 0 aliphatic carbocycles. The predicted molar refractivity (Wildman–Crippen MR) is 212 cm³/mol. The zero-order chi connectivity index (χ0) is 37.1. The SMILES string of the molecule is C=C[CH2][Pd]([O]S(=O)(=O)c1ccc(C)cc1)[CH](CCP(c1ccccc1OC)c1ccccc1OC)P(c1ccccc1OC)c1ccccc1OC. The van der Waals surface area contributed by atoms with Gasteiger partial charge in [0.05, 0.1) is 0 Å². The molecule has 5 aromatic rings. The van der Waals surface area contributed by atoms with Gasteiger partial charge in [0, 0.05) is 0 Å². The van der Waals surface area contributed by atoms with Crippen LogP contribution < -0.4 is 40.2 Å². The summed E-state index contributed by atoms with van der Waals surface area (Å²) in [4.78, 5) is 0.544. The molecule has 0 fully saturated rings.